The van der Waals surface area contributed by atoms with E-state index >= 15 is 0 Å². The molecule has 1 heterocycles. The zero-order valence-electron chi connectivity index (χ0n) is 14.1. The van der Waals surface area contributed by atoms with Crippen LogP contribution >= 0.6 is 11.3 Å². The number of rotatable bonds is 9. The molecule has 0 radical (unpaired) electrons. The maximum absolute atomic E-state index is 12.3. The second-order valence-electron chi connectivity index (χ2n) is 5.58. The van der Waals surface area contributed by atoms with Crippen LogP contribution in [0.5, 0.6) is 11.5 Å². The van der Waals surface area contributed by atoms with E-state index < -0.39 is 6.61 Å². The van der Waals surface area contributed by atoms with Gasteiger partial charge in [0.1, 0.15) is 6.54 Å². The van der Waals surface area contributed by atoms with E-state index in [0.717, 1.165) is 17.0 Å². The van der Waals surface area contributed by atoms with Gasteiger partial charge in [-0.15, -0.1) is 0 Å². The standard InChI is InChI=1S/C17H20F2N2O3S/c1-21(9-13-5-6-25-11-13)10-16(22)20-8-12-3-4-14(24-17(18)19)15(7-12)23-2/h3-7,11,17H,8-10H2,1-2H3,(H,20,22)/p+1. The van der Waals surface area contributed by atoms with Crippen molar-refractivity contribution in [1.29, 1.82) is 0 Å². The number of carbonyl (C=O) groups is 1. The summed E-state index contributed by atoms with van der Waals surface area (Å²) in [6.07, 6.45) is 0. The molecule has 2 rings (SSSR count). The summed E-state index contributed by atoms with van der Waals surface area (Å²) in [6.45, 7) is -1.50. The summed E-state index contributed by atoms with van der Waals surface area (Å²) >= 11 is 1.63. The first kappa shape index (κ1) is 19.1. The lowest BCUT2D eigenvalue weighted by Crippen LogP contribution is -3.08. The van der Waals surface area contributed by atoms with E-state index in [1.807, 2.05) is 18.5 Å². The topological polar surface area (TPSA) is 52.0 Å². The van der Waals surface area contributed by atoms with E-state index in [-0.39, 0.29) is 24.0 Å². The van der Waals surface area contributed by atoms with E-state index in [2.05, 4.69) is 15.4 Å². The first-order valence-corrected chi connectivity index (χ1v) is 8.63. The molecule has 8 heteroatoms. The summed E-state index contributed by atoms with van der Waals surface area (Å²) in [7, 11) is 3.33. The Morgan fingerprint density at radius 1 is 1.28 bits per heavy atom. The van der Waals surface area contributed by atoms with Gasteiger partial charge in [0.05, 0.1) is 14.2 Å². The lowest BCUT2D eigenvalue weighted by atomic mass is 10.2. The van der Waals surface area contributed by atoms with E-state index in [1.54, 1.807) is 23.5 Å². The van der Waals surface area contributed by atoms with Gasteiger partial charge in [0, 0.05) is 12.1 Å². The van der Waals surface area contributed by atoms with Crippen molar-refractivity contribution in [3.63, 3.8) is 0 Å². The van der Waals surface area contributed by atoms with Gasteiger partial charge in [-0.05, 0) is 34.5 Å². The predicted octanol–water partition coefficient (Wildman–Crippen LogP) is 1.69. The molecule has 136 valence electrons. The summed E-state index contributed by atoms with van der Waals surface area (Å²) in [5.74, 6) is 0.0828. The molecule has 1 amide bonds. The number of thiophene rings is 1. The van der Waals surface area contributed by atoms with Gasteiger partial charge in [-0.25, -0.2) is 0 Å². The third-order valence-corrected chi connectivity index (χ3v) is 4.21. The first-order chi connectivity index (χ1) is 12.0. The molecular weight excluding hydrogens is 350 g/mol. The fourth-order valence-electron chi connectivity index (χ4n) is 2.36. The number of hydrogen-bond donors (Lipinski definition) is 2. The molecule has 0 aliphatic carbocycles. The number of amides is 1. The largest absolute Gasteiger partial charge is 0.493 e. The Labute approximate surface area is 149 Å². The molecule has 0 saturated carbocycles. The van der Waals surface area contributed by atoms with Gasteiger partial charge in [-0.3, -0.25) is 4.79 Å². The van der Waals surface area contributed by atoms with Crippen molar-refractivity contribution in [2.75, 3.05) is 20.7 Å². The summed E-state index contributed by atoms with van der Waals surface area (Å²) in [4.78, 5) is 13.1. The molecule has 0 saturated heterocycles. The zero-order chi connectivity index (χ0) is 18.2. The highest BCUT2D eigenvalue weighted by molar-refractivity contribution is 7.07. The number of alkyl halides is 2. The van der Waals surface area contributed by atoms with Crippen molar-refractivity contribution in [3.8, 4) is 11.5 Å². The number of nitrogens with one attached hydrogen (secondary N) is 2. The molecule has 0 spiro atoms. The van der Waals surface area contributed by atoms with Crippen LogP contribution < -0.4 is 19.7 Å². The van der Waals surface area contributed by atoms with Crippen LogP contribution in [0.25, 0.3) is 0 Å². The van der Waals surface area contributed by atoms with Crippen LogP contribution in [-0.4, -0.2) is 33.2 Å². The number of likely N-dealkylation sites (N-methyl/N-ethyl adjacent to an activating group) is 1. The molecule has 5 nitrogen and oxygen atoms in total. The molecule has 2 aromatic rings. The zero-order valence-corrected chi connectivity index (χ0v) is 14.9. The second kappa shape index (κ2) is 9.33. The average Bonchev–Trinajstić information content (AvgIpc) is 3.06. The smallest absolute Gasteiger partial charge is 0.387 e. The highest BCUT2D eigenvalue weighted by atomic mass is 32.1. The van der Waals surface area contributed by atoms with Crippen molar-refractivity contribution >= 4 is 17.2 Å². The average molecular weight is 371 g/mol. The van der Waals surface area contributed by atoms with Gasteiger partial charge >= 0.3 is 6.61 Å². The van der Waals surface area contributed by atoms with Gasteiger partial charge in [0.15, 0.2) is 18.0 Å². The molecule has 1 atom stereocenters. The normalized spacial score (nSPS) is 12.0. The Bertz CT molecular complexity index is 681. The van der Waals surface area contributed by atoms with Crippen molar-refractivity contribution in [3.05, 3.63) is 46.2 Å². The molecule has 25 heavy (non-hydrogen) atoms. The van der Waals surface area contributed by atoms with Crippen LogP contribution in [0.4, 0.5) is 8.78 Å². The van der Waals surface area contributed by atoms with Crippen LogP contribution in [0, 0.1) is 0 Å². The number of hydrogen-bond acceptors (Lipinski definition) is 4. The fraction of sp³-hybridized carbons (Fsp3) is 0.353. The molecule has 0 bridgehead atoms. The van der Waals surface area contributed by atoms with E-state index in [1.165, 1.54) is 18.7 Å². The molecule has 2 N–H and O–H groups in total. The number of methoxy groups -OCH3 is 1. The summed E-state index contributed by atoms with van der Waals surface area (Å²) in [5.41, 5.74) is 1.94. The number of carbonyl (C=O) groups excluding carboxylic acids is 1. The van der Waals surface area contributed by atoms with E-state index in [4.69, 9.17) is 4.74 Å². The SMILES string of the molecule is COc1cc(CNC(=O)C[NH+](C)Cc2ccsc2)ccc1OC(F)F. The monoisotopic (exact) mass is 371 g/mol. The maximum Gasteiger partial charge on any atom is 0.387 e. The number of halogens is 2. The Kier molecular flexibility index (Phi) is 7.15. The van der Waals surface area contributed by atoms with Crippen LogP contribution in [0.3, 0.4) is 0 Å². The van der Waals surface area contributed by atoms with E-state index in [0.29, 0.717) is 6.54 Å². The van der Waals surface area contributed by atoms with Gasteiger partial charge in [-0.1, -0.05) is 6.07 Å². The minimum absolute atomic E-state index is 0.0347. The quantitative estimate of drug-likeness (QED) is 0.705. The van der Waals surface area contributed by atoms with Gasteiger partial charge in [-0.2, -0.15) is 20.1 Å². The van der Waals surface area contributed by atoms with Gasteiger partial charge in [0.2, 0.25) is 0 Å². The summed E-state index contributed by atoms with van der Waals surface area (Å²) in [5, 5.41) is 6.90. The van der Waals surface area contributed by atoms with Crippen molar-refractivity contribution in [2.45, 2.75) is 19.7 Å². The first-order valence-electron chi connectivity index (χ1n) is 7.68. The summed E-state index contributed by atoms with van der Waals surface area (Å²) in [6, 6.07) is 6.63. The number of ether oxygens (including phenoxy) is 2. The highest BCUT2D eigenvalue weighted by Gasteiger charge is 2.13. The minimum atomic E-state index is -2.92. The minimum Gasteiger partial charge on any atom is -0.493 e. The van der Waals surface area contributed by atoms with E-state index in [9.17, 15) is 13.6 Å². The lowest BCUT2D eigenvalue weighted by Gasteiger charge is -2.14. The third-order valence-electron chi connectivity index (χ3n) is 3.48. The van der Waals surface area contributed by atoms with Crippen molar-refractivity contribution < 1.29 is 27.9 Å². The molecule has 1 aromatic carbocycles. The van der Waals surface area contributed by atoms with Crippen molar-refractivity contribution in [2.24, 2.45) is 0 Å². The van der Waals surface area contributed by atoms with Gasteiger partial charge in [0.25, 0.3) is 5.91 Å². The predicted molar refractivity (Wildman–Crippen MR) is 91.2 cm³/mol. The lowest BCUT2D eigenvalue weighted by molar-refractivity contribution is -0.885. The van der Waals surface area contributed by atoms with Crippen LogP contribution in [0.2, 0.25) is 0 Å². The van der Waals surface area contributed by atoms with Crippen molar-refractivity contribution in [1.82, 2.24) is 5.32 Å². The molecule has 1 aromatic heterocycles. The second-order valence-corrected chi connectivity index (χ2v) is 6.36. The Morgan fingerprint density at radius 3 is 2.72 bits per heavy atom. The number of quaternary nitrogens is 1. The van der Waals surface area contributed by atoms with Crippen LogP contribution in [0.15, 0.2) is 35.0 Å². The highest BCUT2D eigenvalue weighted by Crippen LogP contribution is 2.29. The fourth-order valence-corrected chi connectivity index (χ4v) is 3.03. The Morgan fingerprint density at radius 2 is 2.08 bits per heavy atom. The molecule has 0 aliphatic rings. The molecule has 0 aliphatic heterocycles. The van der Waals surface area contributed by atoms with Crippen LogP contribution in [-0.2, 0) is 17.9 Å². The molecular formula is C17H21F2N2O3S+. The maximum atomic E-state index is 12.3. The van der Waals surface area contributed by atoms with Gasteiger partial charge < -0.3 is 19.7 Å². The molecule has 1 unspecified atom stereocenters. The third kappa shape index (κ3) is 6.32. The van der Waals surface area contributed by atoms with Crippen LogP contribution in [0.1, 0.15) is 11.1 Å². The number of benzene rings is 1. The Hall–Kier alpha value is -2.19. The Balaban J connectivity index is 1.84. The molecule has 0 fully saturated rings. The summed E-state index contributed by atoms with van der Waals surface area (Å²) < 4.78 is 34.0.